The Morgan fingerprint density at radius 3 is 2.28 bits per heavy atom. The van der Waals surface area contributed by atoms with Crippen molar-refractivity contribution >= 4 is 0 Å². The van der Waals surface area contributed by atoms with E-state index in [1.807, 2.05) is 0 Å². The summed E-state index contributed by atoms with van der Waals surface area (Å²) in [5, 5.41) is 0. The van der Waals surface area contributed by atoms with Gasteiger partial charge < -0.3 is 10.6 Å². The highest BCUT2D eigenvalue weighted by Gasteiger charge is 2.01. The van der Waals surface area contributed by atoms with Crippen molar-refractivity contribution in [2.45, 2.75) is 39.0 Å². The summed E-state index contributed by atoms with van der Waals surface area (Å²) < 4.78 is 0. The molecule has 18 heavy (non-hydrogen) atoms. The maximum atomic E-state index is 5.50. The van der Waals surface area contributed by atoms with Crippen molar-refractivity contribution in [2.75, 3.05) is 26.7 Å². The largest absolute Gasteiger partial charge is 0.330 e. The van der Waals surface area contributed by atoms with Gasteiger partial charge in [-0.2, -0.15) is 0 Å². The Kier molecular flexibility index (Phi) is 6.99. The molecule has 0 aliphatic carbocycles. The Hall–Kier alpha value is -0.860. The van der Waals surface area contributed by atoms with Crippen LogP contribution < -0.4 is 5.73 Å². The normalized spacial score (nSPS) is 11.4. The van der Waals surface area contributed by atoms with Gasteiger partial charge in [0.05, 0.1) is 0 Å². The first-order valence-electron chi connectivity index (χ1n) is 7.11. The van der Waals surface area contributed by atoms with Crippen LogP contribution in [0, 0.1) is 0 Å². The molecule has 0 fully saturated rings. The summed E-state index contributed by atoms with van der Waals surface area (Å²) >= 11 is 0. The average Bonchev–Trinajstić information content (AvgIpc) is 2.37. The lowest BCUT2D eigenvalue weighted by molar-refractivity contribution is 0.331. The van der Waals surface area contributed by atoms with Crippen molar-refractivity contribution in [2.24, 2.45) is 5.73 Å². The van der Waals surface area contributed by atoms with Gasteiger partial charge >= 0.3 is 0 Å². The molecule has 0 aliphatic heterocycles. The second-order valence-electron chi connectivity index (χ2n) is 5.45. The summed E-state index contributed by atoms with van der Waals surface area (Å²) in [6.07, 6.45) is 3.48. The fourth-order valence-corrected chi connectivity index (χ4v) is 2.03. The Morgan fingerprint density at radius 1 is 1.06 bits per heavy atom. The molecule has 0 spiro atoms. The molecule has 2 nitrogen and oxygen atoms in total. The number of unbranched alkanes of at least 4 members (excludes halogenated alkanes) is 1. The number of nitrogens with two attached hydrogens (primary N) is 1. The fourth-order valence-electron chi connectivity index (χ4n) is 2.03. The molecule has 0 aromatic heterocycles. The van der Waals surface area contributed by atoms with Crippen LogP contribution in [0.1, 0.15) is 43.7 Å². The lowest BCUT2D eigenvalue weighted by Gasteiger charge is -2.16. The van der Waals surface area contributed by atoms with E-state index in [1.54, 1.807) is 0 Å². The number of nitrogens with zero attached hydrogens (tertiary/aromatic N) is 1. The molecule has 0 saturated carbocycles. The lowest BCUT2D eigenvalue weighted by atomic mass is 10.0. The Balaban J connectivity index is 2.30. The second kappa shape index (κ2) is 8.28. The Bertz CT molecular complexity index is 316. The zero-order valence-corrected chi connectivity index (χ0v) is 12.2. The number of likely N-dealkylation sites (N-methyl/N-ethyl adjacent to an activating group) is 1. The molecular formula is C16H28N2. The predicted molar refractivity (Wildman–Crippen MR) is 80.0 cm³/mol. The summed E-state index contributed by atoms with van der Waals surface area (Å²) in [5.41, 5.74) is 8.36. The van der Waals surface area contributed by atoms with Gasteiger partial charge in [0.2, 0.25) is 0 Å². The van der Waals surface area contributed by atoms with Crippen molar-refractivity contribution in [1.82, 2.24) is 4.90 Å². The zero-order valence-electron chi connectivity index (χ0n) is 12.2. The minimum Gasteiger partial charge on any atom is -0.330 e. The summed E-state index contributed by atoms with van der Waals surface area (Å²) in [4.78, 5) is 2.39. The molecule has 0 unspecified atom stereocenters. The SMILES string of the molecule is CC(C)c1ccc(CCN(C)CCCCN)cc1. The number of benzene rings is 1. The highest BCUT2D eigenvalue weighted by molar-refractivity contribution is 5.24. The van der Waals surface area contributed by atoms with Crippen LogP contribution in [0.4, 0.5) is 0 Å². The molecule has 2 N–H and O–H groups in total. The first-order chi connectivity index (χ1) is 8.63. The van der Waals surface area contributed by atoms with Crippen LogP contribution in [0.3, 0.4) is 0 Å². The van der Waals surface area contributed by atoms with Crippen LogP contribution in [0.15, 0.2) is 24.3 Å². The van der Waals surface area contributed by atoms with Crippen LogP contribution >= 0.6 is 0 Å². The van der Waals surface area contributed by atoms with Gasteiger partial charge in [-0.1, -0.05) is 38.1 Å². The smallest absolute Gasteiger partial charge is 0.00188 e. The molecule has 1 rings (SSSR count). The minimum atomic E-state index is 0.623. The quantitative estimate of drug-likeness (QED) is 0.717. The van der Waals surface area contributed by atoms with E-state index in [-0.39, 0.29) is 0 Å². The fraction of sp³-hybridized carbons (Fsp3) is 0.625. The molecular weight excluding hydrogens is 220 g/mol. The first kappa shape index (κ1) is 15.2. The molecule has 102 valence electrons. The van der Waals surface area contributed by atoms with Gasteiger partial charge in [-0.25, -0.2) is 0 Å². The van der Waals surface area contributed by atoms with E-state index in [2.05, 4.69) is 50.1 Å². The Labute approximate surface area is 112 Å². The second-order valence-corrected chi connectivity index (χ2v) is 5.45. The molecule has 0 bridgehead atoms. The van der Waals surface area contributed by atoms with Crippen molar-refractivity contribution in [3.05, 3.63) is 35.4 Å². The molecule has 0 radical (unpaired) electrons. The van der Waals surface area contributed by atoms with Gasteiger partial charge in [0.15, 0.2) is 0 Å². The van der Waals surface area contributed by atoms with Crippen LogP contribution in [-0.2, 0) is 6.42 Å². The van der Waals surface area contributed by atoms with Crippen LogP contribution in [0.2, 0.25) is 0 Å². The topological polar surface area (TPSA) is 29.3 Å². The third-order valence-electron chi connectivity index (χ3n) is 3.42. The van der Waals surface area contributed by atoms with Gasteiger partial charge in [-0.15, -0.1) is 0 Å². The van der Waals surface area contributed by atoms with Gasteiger partial charge in [-0.05, 0) is 56.4 Å². The van der Waals surface area contributed by atoms with E-state index in [0.29, 0.717) is 5.92 Å². The van der Waals surface area contributed by atoms with Crippen molar-refractivity contribution in [3.63, 3.8) is 0 Å². The van der Waals surface area contributed by atoms with E-state index < -0.39 is 0 Å². The van der Waals surface area contributed by atoms with Gasteiger partial charge in [0.1, 0.15) is 0 Å². The van der Waals surface area contributed by atoms with E-state index in [4.69, 9.17) is 5.73 Å². The lowest BCUT2D eigenvalue weighted by Crippen LogP contribution is -2.23. The maximum absolute atomic E-state index is 5.50. The molecule has 1 aromatic rings. The van der Waals surface area contributed by atoms with E-state index in [0.717, 1.165) is 32.5 Å². The van der Waals surface area contributed by atoms with Gasteiger partial charge in [0.25, 0.3) is 0 Å². The summed E-state index contributed by atoms with van der Waals surface area (Å²) in [6, 6.07) is 9.05. The number of rotatable bonds is 8. The minimum absolute atomic E-state index is 0.623. The maximum Gasteiger partial charge on any atom is 0.00188 e. The molecule has 0 heterocycles. The third kappa shape index (κ3) is 5.65. The van der Waals surface area contributed by atoms with Crippen molar-refractivity contribution < 1.29 is 0 Å². The van der Waals surface area contributed by atoms with E-state index in [9.17, 15) is 0 Å². The van der Waals surface area contributed by atoms with Gasteiger partial charge in [0, 0.05) is 6.54 Å². The molecule has 0 saturated heterocycles. The summed E-state index contributed by atoms with van der Waals surface area (Å²) in [5.74, 6) is 0.623. The first-order valence-corrected chi connectivity index (χ1v) is 7.11. The summed E-state index contributed by atoms with van der Waals surface area (Å²) in [6.45, 7) is 7.57. The zero-order chi connectivity index (χ0) is 13.4. The highest BCUT2D eigenvalue weighted by atomic mass is 15.1. The highest BCUT2D eigenvalue weighted by Crippen LogP contribution is 2.15. The van der Waals surface area contributed by atoms with E-state index in [1.165, 1.54) is 17.5 Å². The van der Waals surface area contributed by atoms with Crippen LogP contribution in [-0.4, -0.2) is 31.6 Å². The van der Waals surface area contributed by atoms with Crippen molar-refractivity contribution in [1.29, 1.82) is 0 Å². The van der Waals surface area contributed by atoms with Gasteiger partial charge in [-0.3, -0.25) is 0 Å². The molecule has 2 heteroatoms. The molecule has 0 amide bonds. The summed E-state index contributed by atoms with van der Waals surface area (Å²) in [7, 11) is 2.19. The molecule has 0 aliphatic rings. The van der Waals surface area contributed by atoms with Crippen LogP contribution in [0.5, 0.6) is 0 Å². The predicted octanol–water partition coefficient (Wildman–Crippen LogP) is 3.02. The third-order valence-corrected chi connectivity index (χ3v) is 3.42. The molecule has 0 atom stereocenters. The monoisotopic (exact) mass is 248 g/mol. The number of hydrogen-bond acceptors (Lipinski definition) is 2. The van der Waals surface area contributed by atoms with E-state index >= 15 is 0 Å². The van der Waals surface area contributed by atoms with Crippen molar-refractivity contribution in [3.8, 4) is 0 Å². The average molecular weight is 248 g/mol. The number of hydrogen-bond donors (Lipinski definition) is 1. The van der Waals surface area contributed by atoms with Crippen LogP contribution in [0.25, 0.3) is 0 Å². The molecule has 1 aromatic carbocycles. The Morgan fingerprint density at radius 2 is 1.72 bits per heavy atom. The standard InChI is InChI=1S/C16H28N2/c1-14(2)16-8-6-15(7-9-16)10-13-18(3)12-5-4-11-17/h6-9,14H,4-5,10-13,17H2,1-3H3.